The summed E-state index contributed by atoms with van der Waals surface area (Å²) in [4.78, 5) is 36.8. The molecule has 1 fully saturated rings. The van der Waals surface area contributed by atoms with Gasteiger partial charge in [0.05, 0.1) is 23.6 Å². The second-order valence-electron chi connectivity index (χ2n) is 7.40. The van der Waals surface area contributed by atoms with Crippen LogP contribution < -0.4 is 10.1 Å². The number of non-ortho nitro benzene ring substituents is 1. The zero-order chi connectivity index (χ0) is 20.2. The zero-order valence-corrected chi connectivity index (χ0v) is 16.0. The van der Waals surface area contributed by atoms with Crippen LogP contribution in [0.3, 0.4) is 0 Å². The molecule has 1 saturated heterocycles. The number of piperidine rings is 1. The molecule has 9 nitrogen and oxygen atoms in total. The van der Waals surface area contributed by atoms with Crippen LogP contribution in [0.5, 0.6) is 5.75 Å². The van der Waals surface area contributed by atoms with Gasteiger partial charge in [-0.2, -0.15) is 0 Å². The van der Waals surface area contributed by atoms with Crippen LogP contribution in [0.1, 0.15) is 33.6 Å². The van der Waals surface area contributed by atoms with Crippen LogP contribution in [-0.2, 0) is 9.53 Å². The molecule has 0 bridgehead atoms. The number of nitrogens with zero attached hydrogens (tertiary/aromatic N) is 2. The Morgan fingerprint density at radius 3 is 2.63 bits per heavy atom. The number of ether oxygens (including phenoxy) is 2. The number of rotatable bonds is 4. The molecule has 2 amide bonds. The third-order valence-corrected chi connectivity index (χ3v) is 4.10. The molecule has 2 rings (SSSR count). The summed E-state index contributed by atoms with van der Waals surface area (Å²) in [5.41, 5.74) is -0.529. The van der Waals surface area contributed by atoms with Gasteiger partial charge in [0.1, 0.15) is 11.4 Å². The van der Waals surface area contributed by atoms with E-state index in [-0.39, 0.29) is 23.8 Å². The Hall–Kier alpha value is -2.84. The van der Waals surface area contributed by atoms with Crippen LogP contribution in [0.15, 0.2) is 18.2 Å². The van der Waals surface area contributed by atoms with Gasteiger partial charge in [0.15, 0.2) is 0 Å². The summed E-state index contributed by atoms with van der Waals surface area (Å²) in [6.07, 6.45) is 0.833. The fourth-order valence-electron chi connectivity index (χ4n) is 2.83. The molecular weight excluding hydrogens is 354 g/mol. The number of nitro benzene ring substituents is 1. The minimum Gasteiger partial charge on any atom is -0.495 e. The predicted octanol–water partition coefficient (Wildman–Crippen LogP) is 3.19. The highest BCUT2D eigenvalue weighted by atomic mass is 16.6. The number of methoxy groups -OCH3 is 1. The molecule has 9 heteroatoms. The van der Waals surface area contributed by atoms with Crippen LogP contribution in [-0.4, -0.2) is 47.6 Å². The Labute approximate surface area is 157 Å². The maximum absolute atomic E-state index is 12.7. The summed E-state index contributed by atoms with van der Waals surface area (Å²) in [5, 5.41) is 13.7. The van der Waals surface area contributed by atoms with E-state index < -0.39 is 22.5 Å². The molecule has 0 aliphatic carbocycles. The van der Waals surface area contributed by atoms with Gasteiger partial charge in [-0.3, -0.25) is 14.9 Å². The number of nitrogens with one attached hydrogen (secondary N) is 1. The summed E-state index contributed by atoms with van der Waals surface area (Å²) in [6.45, 7) is 6.12. The Morgan fingerprint density at radius 1 is 1.33 bits per heavy atom. The van der Waals surface area contributed by atoms with Crippen LogP contribution in [0, 0.1) is 16.0 Å². The average molecular weight is 379 g/mol. The SMILES string of the molecule is COc1ccc([N+](=O)[O-])cc1NC(=O)C1CCCN(C(=O)OC(C)(C)C)C1. The Bertz CT molecular complexity index is 728. The summed E-state index contributed by atoms with van der Waals surface area (Å²) in [6, 6.07) is 3.99. The zero-order valence-electron chi connectivity index (χ0n) is 16.0. The third kappa shape index (κ3) is 5.57. The molecule has 148 valence electrons. The van der Waals surface area contributed by atoms with E-state index in [1.54, 1.807) is 20.8 Å². The van der Waals surface area contributed by atoms with Crippen molar-refractivity contribution in [3.63, 3.8) is 0 Å². The number of carbonyl (C=O) groups is 2. The van der Waals surface area contributed by atoms with Gasteiger partial charge in [-0.1, -0.05) is 0 Å². The second-order valence-corrected chi connectivity index (χ2v) is 7.40. The van der Waals surface area contributed by atoms with Gasteiger partial charge in [-0.05, 0) is 39.7 Å². The van der Waals surface area contributed by atoms with Crippen molar-refractivity contribution in [3.05, 3.63) is 28.3 Å². The number of benzene rings is 1. The smallest absolute Gasteiger partial charge is 0.410 e. The van der Waals surface area contributed by atoms with Gasteiger partial charge < -0.3 is 19.7 Å². The van der Waals surface area contributed by atoms with Gasteiger partial charge in [0, 0.05) is 25.2 Å². The van der Waals surface area contributed by atoms with E-state index >= 15 is 0 Å². The predicted molar refractivity (Wildman–Crippen MR) is 98.8 cm³/mol. The van der Waals surface area contributed by atoms with Crippen molar-refractivity contribution in [2.75, 3.05) is 25.5 Å². The Balaban J connectivity index is 2.08. The summed E-state index contributed by atoms with van der Waals surface area (Å²) in [7, 11) is 1.42. The van der Waals surface area contributed by atoms with E-state index in [0.29, 0.717) is 25.1 Å². The average Bonchev–Trinajstić information content (AvgIpc) is 2.60. The fourth-order valence-corrected chi connectivity index (χ4v) is 2.83. The van der Waals surface area contributed by atoms with Gasteiger partial charge in [-0.25, -0.2) is 4.79 Å². The maximum Gasteiger partial charge on any atom is 0.410 e. The lowest BCUT2D eigenvalue weighted by molar-refractivity contribution is -0.384. The number of likely N-dealkylation sites (tertiary alicyclic amines) is 1. The molecule has 27 heavy (non-hydrogen) atoms. The van der Waals surface area contributed by atoms with Crippen molar-refractivity contribution in [1.82, 2.24) is 4.90 Å². The first-order chi connectivity index (χ1) is 12.6. The van der Waals surface area contributed by atoms with Gasteiger partial charge in [0.25, 0.3) is 5.69 Å². The summed E-state index contributed by atoms with van der Waals surface area (Å²) < 4.78 is 10.5. The Morgan fingerprint density at radius 2 is 2.04 bits per heavy atom. The van der Waals surface area contributed by atoms with Crippen molar-refractivity contribution >= 4 is 23.4 Å². The van der Waals surface area contributed by atoms with Gasteiger partial charge in [-0.15, -0.1) is 0 Å². The molecule has 1 heterocycles. The number of hydrogen-bond donors (Lipinski definition) is 1. The lowest BCUT2D eigenvalue weighted by Gasteiger charge is -2.33. The normalized spacial score (nSPS) is 17.2. The quantitative estimate of drug-likeness (QED) is 0.635. The minimum absolute atomic E-state index is 0.148. The first-order valence-electron chi connectivity index (χ1n) is 8.72. The number of anilines is 1. The van der Waals surface area contributed by atoms with E-state index in [9.17, 15) is 19.7 Å². The Kier molecular flexibility index (Phi) is 6.24. The number of carbonyl (C=O) groups excluding carboxylic acids is 2. The standard InChI is InChI=1S/C18H25N3O6/c1-18(2,3)27-17(23)20-9-5-6-12(11-20)16(22)19-14-10-13(21(24)25)7-8-15(14)26-4/h7-8,10,12H,5-6,9,11H2,1-4H3,(H,19,22). The molecule has 1 aliphatic rings. The van der Waals surface area contributed by atoms with Crippen molar-refractivity contribution in [3.8, 4) is 5.75 Å². The third-order valence-electron chi connectivity index (χ3n) is 4.10. The fraction of sp³-hybridized carbons (Fsp3) is 0.556. The largest absolute Gasteiger partial charge is 0.495 e. The molecule has 0 aromatic heterocycles. The molecule has 1 aromatic carbocycles. The van der Waals surface area contributed by atoms with Crippen LogP contribution in [0.25, 0.3) is 0 Å². The summed E-state index contributed by atoms with van der Waals surface area (Å²) >= 11 is 0. The van der Waals surface area contributed by atoms with E-state index in [1.165, 1.54) is 30.2 Å². The number of hydrogen-bond acceptors (Lipinski definition) is 6. The topological polar surface area (TPSA) is 111 Å². The van der Waals surface area contributed by atoms with Crippen LogP contribution >= 0.6 is 0 Å². The molecule has 1 unspecified atom stereocenters. The van der Waals surface area contributed by atoms with E-state index in [2.05, 4.69) is 5.32 Å². The van der Waals surface area contributed by atoms with Crippen molar-refractivity contribution in [2.45, 2.75) is 39.2 Å². The second kappa shape index (κ2) is 8.24. The molecule has 0 saturated carbocycles. The number of nitro groups is 1. The van der Waals surface area contributed by atoms with Crippen LogP contribution in [0.4, 0.5) is 16.2 Å². The minimum atomic E-state index is -0.609. The first kappa shape index (κ1) is 20.5. The first-order valence-corrected chi connectivity index (χ1v) is 8.72. The maximum atomic E-state index is 12.7. The summed E-state index contributed by atoms with van der Waals surface area (Å²) in [5.74, 6) is -0.425. The van der Waals surface area contributed by atoms with Crippen molar-refractivity contribution < 1.29 is 24.0 Å². The molecular formula is C18H25N3O6. The van der Waals surface area contributed by atoms with E-state index in [4.69, 9.17) is 9.47 Å². The highest BCUT2D eigenvalue weighted by Gasteiger charge is 2.31. The van der Waals surface area contributed by atoms with E-state index in [0.717, 1.165) is 0 Å². The van der Waals surface area contributed by atoms with E-state index in [1.807, 2.05) is 0 Å². The molecule has 0 spiro atoms. The van der Waals surface area contributed by atoms with Crippen LogP contribution in [0.2, 0.25) is 0 Å². The van der Waals surface area contributed by atoms with Crippen molar-refractivity contribution in [1.29, 1.82) is 0 Å². The van der Waals surface area contributed by atoms with Gasteiger partial charge in [0.2, 0.25) is 5.91 Å². The number of amides is 2. The molecule has 1 atom stereocenters. The highest BCUT2D eigenvalue weighted by molar-refractivity contribution is 5.94. The molecule has 0 radical (unpaired) electrons. The molecule has 1 aromatic rings. The van der Waals surface area contributed by atoms with Crippen molar-refractivity contribution in [2.24, 2.45) is 5.92 Å². The van der Waals surface area contributed by atoms with Gasteiger partial charge >= 0.3 is 6.09 Å². The monoisotopic (exact) mass is 379 g/mol. The lowest BCUT2D eigenvalue weighted by atomic mass is 9.97. The molecule has 1 N–H and O–H groups in total. The lowest BCUT2D eigenvalue weighted by Crippen LogP contribution is -2.45. The molecule has 1 aliphatic heterocycles. The highest BCUT2D eigenvalue weighted by Crippen LogP contribution is 2.30.